The van der Waals surface area contributed by atoms with Crippen LogP contribution in [0.5, 0.6) is 0 Å². The van der Waals surface area contributed by atoms with Crippen LogP contribution in [0.1, 0.15) is 129 Å². The highest BCUT2D eigenvalue weighted by Crippen LogP contribution is 2.76. The molecule has 4 fully saturated rings. The fourth-order valence-electron chi connectivity index (χ4n) is 12.2. The minimum Gasteiger partial charge on any atom is -0.481 e. The largest absolute Gasteiger partial charge is 0.481 e. The van der Waals surface area contributed by atoms with Crippen LogP contribution in [0.15, 0.2) is 35.9 Å². The van der Waals surface area contributed by atoms with Crippen molar-refractivity contribution in [2.75, 3.05) is 0 Å². The molecule has 5 aliphatic rings. The average molecular weight is 575 g/mol. The quantitative estimate of drug-likeness (QED) is 0.351. The zero-order valence-corrected chi connectivity index (χ0v) is 27.2. The smallest absolute Gasteiger partial charge is 0.335 e. The van der Waals surface area contributed by atoms with Gasteiger partial charge in [-0.25, -0.2) is 4.79 Å². The summed E-state index contributed by atoms with van der Waals surface area (Å²) in [7, 11) is 0. The molecule has 6 rings (SSSR count). The molecule has 0 radical (unpaired) electrons. The molecule has 1 aromatic rings. The lowest BCUT2D eigenvalue weighted by Crippen LogP contribution is -2.64. The number of carboxylic acids is 2. The first-order chi connectivity index (χ1) is 19.5. The molecule has 4 saturated carbocycles. The average Bonchev–Trinajstić information content (AvgIpc) is 2.90. The van der Waals surface area contributed by atoms with E-state index in [1.54, 1.807) is 6.07 Å². The summed E-state index contributed by atoms with van der Waals surface area (Å²) >= 11 is 0. The fourth-order valence-corrected chi connectivity index (χ4v) is 12.2. The molecule has 0 aliphatic heterocycles. The van der Waals surface area contributed by atoms with E-state index in [1.807, 2.05) is 18.2 Å². The Hall–Kier alpha value is -2.10. The Kier molecular flexibility index (Phi) is 6.74. The number of allylic oxidation sites excluding steroid dienone is 2. The van der Waals surface area contributed by atoms with E-state index in [4.69, 9.17) is 0 Å². The second-order valence-electron chi connectivity index (χ2n) is 17.4. The van der Waals surface area contributed by atoms with Gasteiger partial charge in [-0.2, -0.15) is 0 Å². The topological polar surface area (TPSA) is 74.6 Å². The molecule has 0 spiro atoms. The van der Waals surface area contributed by atoms with Crippen molar-refractivity contribution in [1.82, 2.24) is 0 Å². The number of aliphatic carboxylic acids is 1. The Morgan fingerprint density at radius 1 is 0.833 bits per heavy atom. The molecule has 4 heteroatoms. The van der Waals surface area contributed by atoms with Crippen LogP contribution in [-0.4, -0.2) is 22.2 Å². The molecule has 0 aromatic heterocycles. The Labute approximate surface area is 253 Å². The van der Waals surface area contributed by atoms with E-state index in [2.05, 4.69) is 54.5 Å². The first-order valence-electron chi connectivity index (χ1n) is 16.8. The maximum atomic E-state index is 12.9. The summed E-state index contributed by atoms with van der Waals surface area (Å²) in [4.78, 5) is 24.9. The number of rotatable bonds is 4. The van der Waals surface area contributed by atoms with E-state index >= 15 is 0 Å². The number of hydrogen-bond acceptors (Lipinski definition) is 2. The molecule has 8 atom stereocenters. The number of hydrogen-bond donors (Lipinski definition) is 2. The molecule has 0 unspecified atom stereocenters. The Morgan fingerprint density at radius 2 is 1.52 bits per heavy atom. The predicted octanol–water partition coefficient (Wildman–Crippen LogP) is 9.43. The zero-order valence-electron chi connectivity index (χ0n) is 27.2. The van der Waals surface area contributed by atoms with E-state index in [0.29, 0.717) is 23.3 Å². The summed E-state index contributed by atoms with van der Waals surface area (Å²) in [6, 6.07) is 7.60. The van der Waals surface area contributed by atoms with Gasteiger partial charge in [0.2, 0.25) is 0 Å². The number of aromatic carboxylic acids is 1. The van der Waals surface area contributed by atoms with Gasteiger partial charge in [0.15, 0.2) is 0 Å². The van der Waals surface area contributed by atoms with Gasteiger partial charge in [0.05, 0.1) is 11.0 Å². The molecule has 2 N–H and O–H groups in total. The standard InChI is InChI=1S/C38H54O4/c1-33(2)18-20-38(32(41)42)21-19-36(6)27(28(38)23-33)12-13-30-35(5)16-14-25(22-24-10-8-9-11-26(24)31(39)40)34(3,4)29(35)15-17-37(30,36)7/h8-12,25,28-30H,13-23H2,1-7H3,(H,39,40)(H,41,42)/t25-,28+,29+,30-,35+,36-,37-,38+/m1/s1. The highest BCUT2D eigenvalue weighted by Gasteiger charge is 2.69. The van der Waals surface area contributed by atoms with Gasteiger partial charge in [-0.1, -0.05) is 78.3 Å². The number of carboxylic acid groups (broad SMARTS) is 2. The molecule has 0 saturated heterocycles. The second kappa shape index (κ2) is 9.45. The van der Waals surface area contributed by atoms with Crippen molar-refractivity contribution in [2.24, 2.45) is 56.2 Å². The molecular formula is C38H54O4. The zero-order chi connectivity index (χ0) is 30.5. The minimum absolute atomic E-state index is 0.0440. The van der Waals surface area contributed by atoms with E-state index in [9.17, 15) is 19.8 Å². The van der Waals surface area contributed by atoms with Crippen LogP contribution in [0.4, 0.5) is 0 Å². The van der Waals surface area contributed by atoms with Crippen LogP contribution >= 0.6 is 0 Å². The summed E-state index contributed by atoms with van der Waals surface area (Å²) in [6.45, 7) is 17.4. The van der Waals surface area contributed by atoms with Crippen molar-refractivity contribution >= 4 is 11.9 Å². The van der Waals surface area contributed by atoms with Gasteiger partial charge in [0.1, 0.15) is 0 Å². The SMILES string of the molecule is CC1(C)CC[C@]2(C(=O)O)CC[C@]3(C)C(=CC[C@@H]4[C@@]5(C)CC[C@H](Cc6ccccc6C(=O)O)C(C)(C)[C@@H]5CC[C@]43C)[C@@H]2C1. The summed E-state index contributed by atoms with van der Waals surface area (Å²) in [5.41, 5.74) is 3.07. The van der Waals surface area contributed by atoms with Crippen LogP contribution < -0.4 is 0 Å². The third-order valence-electron chi connectivity index (χ3n) is 15.0. The third kappa shape index (κ3) is 3.98. The Bertz CT molecular complexity index is 1320. The lowest BCUT2D eigenvalue weighted by atomic mass is 9.33. The number of fused-ring (bicyclic) bond motifs is 7. The molecule has 4 nitrogen and oxygen atoms in total. The minimum atomic E-state index is -0.823. The highest BCUT2D eigenvalue weighted by atomic mass is 16.4. The van der Waals surface area contributed by atoms with Crippen molar-refractivity contribution in [2.45, 2.75) is 119 Å². The van der Waals surface area contributed by atoms with Crippen LogP contribution in [0.2, 0.25) is 0 Å². The van der Waals surface area contributed by atoms with Gasteiger partial charge in [-0.3, -0.25) is 4.79 Å². The van der Waals surface area contributed by atoms with Crippen molar-refractivity contribution in [3.8, 4) is 0 Å². The van der Waals surface area contributed by atoms with Crippen LogP contribution in [0.25, 0.3) is 0 Å². The lowest BCUT2D eigenvalue weighted by Gasteiger charge is -2.71. The van der Waals surface area contributed by atoms with Crippen LogP contribution in [-0.2, 0) is 11.2 Å². The van der Waals surface area contributed by atoms with E-state index in [1.165, 1.54) is 24.8 Å². The predicted molar refractivity (Wildman–Crippen MR) is 167 cm³/mol. The third-order valence-corrected chi connectivity index (χ3v) is 15.0. The van der Waals surface area contributed by atoms with E-state index in [-0.39, 0.29) is 33.0 Å². The first kappa shape index (κ1) is 29.9. The molecule has 5 aliphatic carbocycles. The van der Waals surface area contributed by atoms with Gasteiger partial charge < -0.3 is 10.2 Å². The van der Waals surface area contributed by atoms with Gasteiger partial charge in [-0.15, -0.1) is 0 Å². The van der Waals surface area contributed by atoms with Gasteiger partial charge in [0.25, 0.3) is 0 Å². The number of carbonyl (C=O) groups is 2. The van der Waals surface area contributed by atoms with Gasteiger partial charge >= 0.3 is 11.9 Å². The molecule has 0 bridgehead atoms. The Morgan fingerprint density at radius 3 is 2.21 bits per heavy atom. The summed E-state index contributed by atoms with van der Waals surface area (Å²) in [5.74, 6) is 0.406. The van der Waals surface area contributed by atoms with Crippen molar-refractivity contribution in [3.05, 3.63) is 47.0 Å². The number of benzene rings is 1. The van der Waals surface area contributed by atoms with E-state index < -0.39 is 17.4 Å². The molecule has 42 heavy (non-hydrogen) atoms. The monoisotopic (exact) mass is 574 g/mol. The highest BCUT2D eigenvalue weighted by molar-refractivity contribution is 5.89. The van der Waals surface area contributed by atoms with Crippen molar-refractivity contribution < 1.29 is 19.8 Å². The maximum Gasteiger partial charge on any atom is 0.335 e. The van der Waals surface area contributed by atoms with Gasteiger partial charge in [-0.05, 0) is 133 Å². The van der Waals surface area contributed by atoms with Crippen molar-refractivity contribution in [1.29, 1.82) is 0 Å². The Balaban J connectivity index is 1.34. The maximum absolute atomic E-state index is 12.9. The molecular weight excluding hydrogens is 520 g/mol. The second-order valence-corrected chi connectivity index (χ2v) is 17.4. The molecule has 0 heterocycles. The van der Waals surface area contributed by atoms with Gasteiger partial charge in [0, 0.05) is 0 Å². The van der Waals surface area contributed by atoms with Crippen LogP contribution in [0.3, 0.4) is 0 Å². The summed E-state index contributed by atoms with van der Waals surface area (Å²) in [6.07, 6.45) is 13.8. The fraction of sp³-hybridized carbons (Fsp3) is 0.737. The normalized spacial score (nSPS) is 43.5. The van der Waals surface area contributed by atoms with E-state index in [0.717, 1.165) is 56.9 Å². The van der Waals surface area contributed by atoms with Crippen LogP contribution in [0, 0.1) is 56.2 Å². The molecule has 1 aromatic carbocycles. The summed E-state index contributed by atoms with van der Waals surface area (Å²) < 4.78 is 0. The first-order valence-corrected chi connectivity index (χ1v) is 16.8. The molecule has 230 valence electrons. The van der Waals surface area contributed by atoms with Crippen molar-refractivity contribution in [3.63, 3.8) is 0 Å². The molecule has 0 amide bonds. The lowest BCUT2D eigenvalue weighted by molar-refractivity contribution is -0.196. The summed E-state index contributed by atoms with van der Waals surface area (Å²) in [5, 5.41) is 20.5.